The quantitative estimate of drug-likeness (QED) is 0.783. The van der Waals surface area contributed by atoms with E-state index in [9.17, 15) is 0 Å². The molecule has 0 atom stereocenters. The van der Waals surface area contributed by atoms with E-state index in [4.69, 9.17) is 9.47 Å². The van der Waals surface area contributed by atoms with Crippen LogP contribution in [0.25, 0.3) is 0 Å². The predicted molar refractivity (Wildman–Crippen MR) is 69.3 cm³/mol. The van der Waals surface area contributed by atoms with Gasteiger partial charge in [0.2, 0.25) is 0 Å². The zero-order valence-electron chi connectivity index (χ0n) is 9.75. The third-order valence-electron chi connectivity index (χ3n) is 2.14. The summed E-state index contributed by atoms with van der Waals surface area (Å²) in [5, 5.41) is 3.25. The fraction of sp³-hybridized carbons (Fsp3) is 0.500. The van der Waals surface area contributed by atoms with Crippen molar-refractivity contribution in [1.29, 1.82) is 0 Å². The van der Waals surface area contributed by atoms with E-state index < -0.39 is 0 Å². The predicted octanol–water partition coefficient (Wildman–Crippen LogP) is 2.84. The van der Waals surface area contributed by atoms with Crippen molar-refractivity contribution in [2.75, 3.05) is 26.8 Å². The molecule has 4 heteroatoms. The van der Waals surface area contributed by atoms with Gasteiger partial charge in [0.15, 0.2) is 0 Å². The highest BCUT2D eigenvalue weighted by atomic mass is 79.9. The Bertz CT molecular complexity index is 318. The largest absolute Gasteiger partial charge is 0.495 e. The van der Waals surface area contributed by atoms with Gasteiger partial charge in [0.05, 0.1) is 18.2 Å². The van der Waals surface area contributed by atoms with Crippen molar-refractivity contribution in [3.8, 4) is 11.5 Å². The van der Waals surface area contributed by atoms with E-state index in [-0.39, 0.29) is 0 Å². The molecule has 0 aliphatic heterocycles. The van der Waals surface area contributed by atoms with E-state index in [1.165, 1.54) is 0 Å². The van der Waals surface area contributed by atoms with Crippen molar-refractivity contribution in [2.45, 2.75) is 13.3 Å². The minimum Gasteiger partial charge on any atom is -0.495 e. The molecule has 0 unspecified atom stereocenters. The van der Waals surface area contributed by atoms with Gasteiger partial charge in [-0.15, -0.1) is 0 Å². The molecular formula is C12H18BrNO2. The summed E-state index contributed by atoms with van der Waals surface area (Å²) in [6.45, 7) is 4.81. The van der Waals surface area contributed by atoms with Crippen LogP contribution >= 0.6 is 15.9 Å². The van der Waals surface area contributed by atoms with Crippen LogP contribution in [0.15, 0.2) is 22.7 Å². The summed E-state index contributed by atoms with van der Waals surface area (Å²) in [6.07, 6.45) is 1.01. The first-order chi connectivity index (χ1) is 7.77. The van der Waals surface area contributed by atoms with Gasteiger partial charge in [0.1, 0.15) is 11.5 Å². The maximum Gasteiger partial charge on any atom is 0.136 e. The molecule has 0 radical (unpaired) electrons. The normalized spacial score (nSPS) is 10.2. The minimum absolute atomic E-state index is 0.720. The molecule has 0 bridgehead atoms. The maximum absolute atomic E-state index is 5.61. The number of methoxy groups -OCH3 is 1. The Hall–Kier alpha value is -0.740. The second-order valence-electron chi connectivity index (χ2n) is 3.35. The monoisotopic (exact) mass is 287 g/mol. The highest BCUT2D eigenvalue weighted by Gasteiger charge is 2.01. The molecule has 90 valence electrons. The third kappa shape index (κ3) is 4.41. The van der Waals surface area contributed by atoms with Crippen molar-refractivity contribution in [2.24, 2.45) is 0 Å². The van der Waals surface area contributed by atoms with Crippen LogP contribution in [-0.4, -0.2) is 26.8 Å². The Kier molecular flexibility index (Phi) is 6.26. The van der Waals surface area contributed by atoms with Crippen LogP contribution in [0.3, 0.4) is 0 Å². The van der Waals surface area contributed by atoms with Crippen LogP contribution in [0.4, 0.5) is 0 Å². The molecule has 0 amide bonds. The summed E-state index contributed by atoms with van der Waals surface area (Å²) in [6, 6.07) is 5.75. The number of ether oxygens (including phenoxy) is 2. The zero-order chi connectivity index (χ0) is 11.8. The molecule has 1 N–H and O–H groups in total. The Morgan fingerprint density at radius 2 is 2.19 bits per heavy atom. The molecule has 0 saturated heterocycles. The van der Waals surface area contributed by atoms with E-state index in [1.807, 2.05) is 18.2 Å². The van der Waals surface area contributed by atoms with E-state index in [2.05, 4.69) is 28.2 Å². The number of hydrogen-bond donors (Lipinski definition) is 1. The lowest BCUT2D eigenvalue weighted by atomic mass is 10.3. The molecule has 0 aromatic heterocycles. The molecule has 0 aliphatic carbocycles. The van der Waals surface area contributed by atoms with Gasteiger partial charge in [-0.1, -0.05) is 6.92 Å². The van der Waals surface area contributed by atoms with Gasteiger partial charge in [-0.05, 0) is 47.6 Å². The number of rotatable bonds is 7. The smallest absolute Gasteiger partial charge is 0.136 e. The van der Waals surface area contributed by atoms with E-state index in [1.54, 1.807) is 7.11 Å². The first kappa shape index (κ1) is 13.3. The number of halogens is 1. The summed E-state index contributed by atoms with van der Waals surface area (Å²) in [4.78, 5) is 0. The molecule has 0 aliphatic rings. The lowest BCUT2D eigenvalue weighted by Crippen LogP contribution is -2.16. The minimum atomic E-state index is 0.720. The van der Waals surface area contributed by atoms with Crippen LogP contribution in [0.5, 0.6) is 11.5 Å². The summed E-state index contributed by atoms with van der Waals surface area (Å²) in [5.41, 5.74) is 0. The number of nitrogens with one attached hydrogen (secondary N) is 1. The first-order valence-electron chi connectivity index (χ1n) is 5.45. The molecule has 16 heavy (non-hydrogen) atoms. The second-order valence-corrected chi connectivity index (χ2v) is 4.21. The Morgan fingerprint density at radius 3 is 2.88 bits per heavy atom. The van der Waals surface area contributed by atoms with Crippen molar-refractivity contribution in [3.63, 3.8) is 0 Å². The molecule has 3 nitrogen and oxygen atoms in total. The van der Waals surface area contributed by atoms with Gasteiger partial charge in [-0.25, -0.2) is 0 Å². The second kappa shape index (κ2) is 7.52. The van der Waals surface area contributed by atoms with E-state index in [0.29, 0.717) is 0 Å². The number of benzene rings is 1. The average molecular weight is 288 g/mol. The molecule has 1 aromatic rings. The average Bonchev–Trinajstić information content (AvgIpc) is 2.31. The lowest BCUT2D eigenvalue weighted by molar-refractivity contribution is 0.306. The molecular weight excluding hydrogens is 270 g/mol. The molecule has 0 fully saturated rings. The van der Waals surface area contributed by atoms with Crippen LogP contribution < -0.4 is 14.8 Å². The van der Waals surface area contributed by atoms with Gasteiger partial charge in [0, 0.05) is 6.07 Å². The summed E-state index contributed by atoms with van der Waals surface area (Å²) in [5.74, 6) is 1.64. The van der Waals surface area contributed by atoms with Crippen LogP contribution in [0, 0.1) is 0 Å². The SMILES string of the molecule is CCNCCCOc1ccc(Br)c(OC)c1. The summed E-state index contributed by atoms with van der Waals surface area (Å²) < 4.78 is 11.7. The van der Waals surface area contributed by atoms with Gasteiger partial charge in [0.25, 0.3) is 0 Å². The van der Waals surface area contributed by atoms with Crippen molar-refractivity contribution in [1.82, 2.24) is 5.32 Å². The molecule has 0 heterocycles. The first-order valence-corrected chi connectivity index (χ1v) is 6.24. The maximum atomic E-state index is 5.61. The zero-order valence-corrected chi connectivity index (χ0v) is 11.3. The molecule has 1 rings (SSSR count). The van der Waals surface area contributed by atoms with Crippen molar-refractivity contribution < 1.29 is 9.47 Å². The van der Waals surface area contributed by atoms with Gasteiger partial charge >= 0.3 is 0 Å². The molecule has 0 spiro atoms. The van der Waals surface area contributed by atoms with Crippen LogP contribution in [0.1, 0.15) is 13.3 Å². The van der Waals surface area contributed by atoms with Crippen molar-refractivity contribution >= 4 is 15.9 Å². The molecule has 1 aromatic carbocycles. The molecule has 0 saturated carbocycles. The van der Waals surface area contributed by atoms with Gasteiger partial charge < -0.3 is 14.8 Å². The Balaban J connectivity index is 2.36. The highest BCUT2D eigenvalue weighted by Crippen LogP contribution is 2.28. The fourth-order valence-corrected chi connectivity index (χ4v) is 1.70. The fourth-order valence-electron chi connectivity index (χ4n) is 1.29. The summed E-state index contributed by atoms with van der Waals surface area (Å²) in [7, 11) is 1.65. The lowest BCUT2D eigenvalue weighted by Gasteiger charge is -2.09. The van der Waals surface area contributed by atoms with Gasteiger partial charge in [-0.2, -0.15) is 0 Å². The number of hydrogen-bond acceptors (Lipinski definition) is 3. The highest BCUT2D eigenvalue weighted by molar-refractivity contribution is 9.10. The van der Waals surface area contributed by atoms with E-state index in [0.717, 1.165) is 42.1 Å². The van der Waals surface area contributed by atoms with Crippen LogP contribution in [-0.2, 0) is 0 Å². The van der Waals surface area contributed by atoms with Crippen LogP contribution in [0.2, 0.25) is 0 Å². The Morgan fingerprint density at radius 1 is 1.38 bits per heavy atom. The van der Waals surface area contributed by atoms with Gasteiger partial charge in [-0.3, -0.25) is 0 Å². The van der Waals surface area contributed by atoms with E-state index >= 15 is 0 Å². The third-order valence-corrected chi connectivity index (χ3v) is 2.79. The Labute approximate surface area is 105 Å². The standard InChI is InChI=1S/C12H18BrNO2/c1-3-14-7-4-8-16-10-5-6-11(13)12(9-10)15-2/h5-6,9,14H,3-4,7-8H2,1-2H3. The summed E-state index contributed by atoms with van der Waals surface area (Å²) >= 11 is 3.40. The van der Waals surface area contributed by atoms with Crippen molar-refractivity contribution in [3.05, 3.63) is 22.7 Å². The topological polar surface area (TPSA) is 30.5 Å².